The first-order chi connectivity index (χ1) is 8.53. The molecule has 0 amide bonds. The molecule has 0 aliphatic heterocycles. The molecule has 0 saturated carbocycles. The van der Waals surface area contributed by atoms with Gasteiger partial charge in [0, 0.05) is 0 Å². The van der Waals surface area contributed by atoms with Gasteiger partial charge in [-0.15, -0.1) is 19.8 Å². The van der Waals surface area contributed by atoms with Gasteiger partial charge in [0.2, 0.25) is 0 Å². The van der Waals surface area contributed by atoms with Crippen LogP contribution in [0.5, 0.6) is 0 Å². The third-order valence-corrected chi connectivity index (χ3v) is 1.38. The van der Waals surface area contributed by atoms with Crippen molar-refractivity contribution in [3.63, 3.8) is 0 Å². The van der Waals surface area contributed by atoms with E-state index in [4.69, 9.17) is 15.3 Å². The minimum Gasteiger partial charge on any atom is -0.855 e. The van der Waals surface area contributed by atoms with Crippen molar-refractivity contribution in [1.29, 1.82) is 0 Å². The van der Waals surface area contributed by atoms with Crippen LogP contribution < -0.4 is 15.3 Å². The van der Waals surface area contributed by atoms with Crippen LogP contribution in [0.2, 0.25) is 0 Å². The maximum atomic E-state index is 8.93. The van der Waals surface area contributed by atoms with E-state index in [1.807, 2.05) is 0 Å². The third-order valence-electron chi connectivity index (χ3n) is 1.38. The molecule has 0 atom stereocenters. The minimum atomic E-state index is 0. The van der Waals surface area contributed by atoms with Crippen molar-refractivity contribution in [2.45, 2.75) is 41.0 Å². The summed E-state index contributed by atoms with van der Waals surface area (Å²) in [6, 6.07) is 8.55. The molecule has 0 spiro atoms. The fraction of sp³-hybridized carbons (Fsp3) is 0.667. The molecule has 19 heavy (non-hydrogen) atoms. The second-order valence-electron chi connectivity index (χ2n) is 3.76. The van der Waals surface area contributed by atoms with E-state index in [0.29, 0.717) is 0 Å². The van der Waals surface area contributed by atoms with Crippen LogP contribution in [-0.2, 0) is 32.3 Å². The summed E-state index contributed by atoms with van der Waals surface area (Å²) >= 11 is 0. The van der Waals surface area contributed by atoms with Crippen LogP contribution in [0.25, 0.3) is 0 Å². The van der Waals surface area contributed by atoms with E-state index in [-0.39, 0.29) is 45.7 Å². The van der Waals surface area contributed by atoms with Crippen molar-refractivity contribution in [3.05, 3.63) is 29.8 Å². The molecule has 0 saturated heterocycles. The van der Waals surface area contributed by atoms with Crippen molar-refractivity contribution in [2.75, 3.05) is 19.8 Å². The molecular weight excluding hydrogens is 407 g/mol. The van der Waals surface area contributed by atoms with Crippen molar-refractivity contribution in [3.8, 4) is 0 Å². The Balaban J connectivity index is -0.0000000956. The Morgan fingerprint density at radius 2 is 1.11 bits per heavy atom. The normalized spacial score (nSPS) is 7.84. The van der Waals surface area contributed by atoms with Crippen molar-refractivity contribution in [2.24, 2.45) is 5.92 Å². The Labute approximate surface area is 137 Å². The summed E-state index contributed by atoms with van der Waals surface area (Å²) in [7, 11) is 0. The van der Waals surface area contributed by atoms with E-state index >= 15 is 0 Å². The summed E-state index contributed by atoms with van der Waals surface area (Å²) in [5, 5.41) is 26.8. The van der Waals surface area contributed by atoms with Gasteiger partial charge >= 0.3 is 25.8 Å². The molecular formula is C15H28HfO3. The van der Waals surface area contributed by atoms with E-state index in [2.05, 4.69) is 38.1 Å². The Bertz CT molecular complexity index is 194. The van der Waals surface area contributed by atoms with E-state index in [9.17, 15) is 0 Å². The molecule has 0 N–H and O–H groups in total. The molecule has 4 heteroatoms. The summed E-state index contributed by atoms with van der Waals surface area (Å²) < 4.78 is 0. The molecule has 3 nitrogen and oxygen atoms in total. The van der Waals surface area contributed by atoms with Gasteiger partial charge in [-0.2, -0.15) is 17.7 Å². The fourth-order valence-corrected chi connectivity index (χ4v) is 1.02. The first kappa shape index (κ1) is 27.4. The standard InChI is InChI=1S/C9H13.3C2H5O.Hf/c1-8(2)7-9-5-3-4-6-9;3*1-2-3;/h3-6,8H,7H2,1-2H3;3*2H2,1H3;/q4*-1;+4. The van der Waals surface area contributed by atoms with E-state index in [1.165, 1.54) is 12.0 Å². The van der Waals surface area contributed by atoms with Crippen LogP contribution in [0.3, 0.4) is 0 Å². The summed E-state index contributed by atoms with van der Waals surface area (Å²) in [5.74, 6) is 0.785. The largest absolute Gasteiger partial charge is 4.00 e. The summed E-state index contributed by atoms with van der Waals surface area (Å²) in [4.78, 5) is 0. The average molecular weight is 435 g/mol. The molecule has 1 aromatic carbocycles. The third kappa shape index (κ3) is 38.1. The van der Waals surface area contributed by atoms with Crippen LogP contribution in [0.4, 0.5) is 0 Å². The molecule has 110 valence electrons. The van der Waals surface area contributed by atoms with Crippen molar-refractivity contribution < 1.29 is 41.2 Å². The average Bonchev–Trinajstić information content (AvgIpc) is 2.73. The first-order valence-electron chi connectivity index (χ1n) is 6.48. The van der Waals surface area contributed by atoms with Gasteiger partial charge in [0.1, 0.15) is 0 Å². The molecule has 0 unspecified atom stereocenters. The van der Waals surface area contributed by atoms with Gasteiger partial charge in [-0.1, -0.05) is 47.0 Å². The van der Waals surface area contributed by atoms with Crippen molar-refractivity contribution >= 4 is 0 Å². The molecule has 1 rings (SSSR count). The Morgan fingerprint density at radius 1 is 0.842 bits per heavy atom. The van der Waals surface area contributed by atoms with Gasteiger partial charge in [-0.05, 0) is 0 Å². The molecule has 1 aromatic rings. The zero-order valence-corrected chi connectivity index (χ0v) is 16.5. The Kier molecular flexibility index (Phi) is 38.5. The Hall–Kier alpha value is 0.100. The van der Waals surface area contributed by atoms with Crippen LogP contribution in [0.1, 0.15) is 40.2 Å². The summed E-state index contributed by atoms with van der Waals surface area (Å²) in [6.45, 7) is 9.19. The number of rotatable bonds is 2. The van der Waals surface area contributed by atoms with Gasteiger partial charge in [-0.25, -0.2) is 12.1 Å². The smallest absolute Gasteiger partial charge is 0.855 e. The maximum Gasteiger partial charge on any atom is 4.00 e. The van der Waals surface area contributed by atoms with E-state index in [1.54, 1.807) is 20.8 Å². The Morgan fingerprint density at radius 3 is 1.32 bits per heavy atom. The zero-order chi connectivity index (χ0) is 14.8. The maximum absolute atomic E-state index is 8.93. The fourth-order valence-electron chi connectivity index (χ4n) is 1.02. The molecule has 0 aliphatic carbocycles. The molecule has 0 aromatic heterocycles. The SMILES string of the molecule is CC(C)C[c-]1cccc1.CC[O-].CC[O-].CC[O-].[Hf+4]. The second-order valence-corrected chi connectivity index (χ2v) is 3.76. The van der Waals surface area contributed by atoms with Gasteiger partial charge in [-0.3, -0.25) is 0 Å². The van der Waals surface area contributed by atoms with Gasteiger partial charge in [0.25, 0.3) is 0 Å². The molecule has 0 fully saturated rings. The minimum absolute atomic E-state index is 0. The van der Waals surface area contributed by atoms with Crippen LogP contribution in [0, 0.1) is 5.92 Å². The summed E-state index contributed by atoms with van der Waals surface area (Å²) in [5.41, 5.74) is 1.46. The molecule has 0 aliphatic rings. The predicted molar refractivity (Wildman–Crippen MR) is 72.2 cm³/mol. The number of hydrogen-bond acceptors (Lipinski definition) is 3. The van der Waals surface area contributed by atoms with Crippen LogP contribution in [0.15, 0.2) is 24.3 Å². The summed E-state index contributed by atoms with van der Waals surface area (Å²) in [6.07, 6.45) is 1.22. The van der Waals surface area contributed by atoms with E-state index in [0.717, 1.165) is 5.92 Å². The first-order valence-corrected chi connectivity index (χ1v) is 6.48. The van der Waals surface area contributed by atoms with Gasteiger partial charge in [0.05, 0.1) is 0 Å². The van der Waals surface area contributed by atoms with Gasteiger partial charge in [0.15, 0.2) is 0 Å². The quantitative estimate of drug-likeness (QED) is 0.508. The van der Waals surface area contributed by atoms with Gasteiger partial charge < -0.3 is 15.3 Å². The van der Waals surface area contributed by atoms with Crippen molar-refractivity contribution in [1.82, 2.24) is 0 Å². The molecule has 0 heterocycles. The van der Waals surface area contributed by atoms with Crippen LogP contribution >= 0.6 is 0 Å². The second kappa shape index (κ2) is 26.6. The molecule has 0 radical (unpaired) electrons. The predicted octanol–water partition coefficient (Wildman–Crippen LogP) is 0.701. The zero-order valence-electron chi connectivity index (χ0n) is 12.9. The number of hydrogen-bond donors (Lipinski definition) is 0. The van der Waals surface area contributed by atoms with Crippen LogP contribution in [-0.4, -0.2) is 19.8 Å². The topological polar surface area (TPSA) is 69.2 Å². The monoisotopic (exact) mass is 436 g/mol. The van der Waals surface area contributed by atoms with E-state index < -0.39 is 0 Å². The molecule has 0 bridgehead atoms.